The third-order valence-corrected chi connectivity index (χ3v) is 6.38. The highest BCUT2D eigenvalue weighted by Gasteiger charge is 2.34. The van der Waals surface area contributed by atoms with Crippen LogP contribution < -0.4 is 0 Å². The summed E-state index contributed by atoms with van der Waals surface area (Å²) in [4.78, 5) is 0. The molecule has 0 aliphatic heterocycles. The second-order valence-electron chi connectivity index (χ2n) is 4.88. The van der Waals surface area contributed by atoms with Crippen molar-refractivity contribution in [3.63, 3.8) is 0 Å². The first-order valence-corrected chi connectivity index (χ1v) is 9.48. The van der Waals surface area contributed by atoms with Gasteiger partial charge in [0.2, 0.25) is 0 Å². The van der Waals surface area contributed by atoms with Gasteiger partial charge in [-0.15, -0.1) is 0 Å². The van der Waals surface area contributed by atoms with Crippen LogP contribution in [-0.2, 0) is 5.41 Å². The highest BCUT2D eigenvalue weighted by atomic mass is 79.9. The average Bonchev–Trinajstić information content (AvgIpc) is 2.38. The summed E-state index contributed by atoms with van der Waals surface area (Å²) in [5.41, 5.74) is 2.45. The van der Waals surface area contributed by atoms with Crippen LogP contribution in [-0.4, -0.2) is 0 Å². The number of benzene rings is 2. The maximum atomic E-state index is 3.71. The molecule has 0 aliphatic carbocycles. The fourth-order valence-corrected chi connectivity index (χ4v) is 6.28. The van der Waals surface area contributed by atoms with Crippen molar-refractivity contribution in [3.05, 3.63) is 65.4 Å². The van der Waals surface area contributed by atoms with Gasteiger partial charge in [0, 0.05) is 23.3 Å². The molecule has 0 bridgehead atoms. The molecule has 0 aromatic heterocycles. The lowest BCUT2D eigenvalue weighted by molar-refractivity contribution is 0.539. The van der Waals surface area contributed by atoms with Crippen molar-refractivity contribution in [2.45, 2.75) is 25.7 Å². The molecule has 0 aliphatic rings. The van der Waals surface area contributed by atoms with Crippen molar-refractivity contribution < 1.29 is 0 Å². The Morgan fingerprint density at radius 2 is 1.05 bits per heavy atom. The van der Waals surface area contributed by atoms with Gasteiger partial charge in [0.25, 0.3) is 0 Å². The number of hydrogen-bond acceptors (Lipinski definition) is 0. The molecule has 0 saturated heterocycles. The summed E-state index contributed by atoms with van der Waals surface area (Å²) in [6, 6.07) is 12.5. The van der Waals surface area contributed by atoms with E-state index in [2.05, 4.69) is 102 Å². The Labute approximate surface area is 153 Å². The van der Waals surface area contributed by atoms with E-state index in [1.807, 2.05) is 12.1 Å². The molecule has 0 nitrogen and oxygen atoms in total. The fraction of sp³-hybridized carbons (Fsp3) is 0.250. The second kappa shape index (κ2) is 6.64. The van der Waals surface area contributed by atoms with Gasteiger partial charge in [-0.1, -0.05) is 89.7 Å². The van der Waals surface area contributed by atoms with Crippen molar-refractivity contribution in [2.24, 2.45) is 0 Å². The third-order valence-electron chi connectivity index (χ3n) is 3.74. The molecule has 4 heteroatoms. The molecule has 2 aromatic rings. The first-order chi connectivity index (χ1) is 9.41. The maximum Gasteiger partial charge on any atom is 0.0227 e. The predicted octanol–water partition coefficient (Wildman–Crippen LogP) is 7.45. The standard InChI is InChI=1S/C16H14Br4/c1-3-16(2,14-10(17)6-4-7-11(14)18)15-12(19)8-5-9-13(15)20/h4-9H,3H2,1-2H3. The molecule has 0 saturated carbocycles. The van der Waals surface area contributed by atoms with Crippen molar-refractivity contribution in [1.29, 1.82) is 0 Å². The maximum absolute atomic E-state index is 3.71. The summed E-state index contributed by atoms with van der Waals surface area (Å²) in [5.74, 6) is 0. The van der Waals surface area contributed by atoms with E-state index < -0.39 is 0 Å². The Kier molecular flexibility index (Phi) is 5.55. The monoisotopic (exact) mass is 522 g/mol. The molecule has 0 spiro atoms. The van der Waals surface area contributed by atoms with Crippen molar-refractivity contribution in [3.8, 4) is 0 Å². The fourth-order valence-electron chi connectivity index (χ4n) is 2.53. The summed E-state index contributed by atoms with van der Waals surface area (Å²) in [6.45, 7) is 4.50. The molecule has 0 unspecified atom stereocenters. The first kappa shape index (κ1) is 16.7. The largest absolute Gasteiger partial charge is 0.0642 e. The topological polar surface area (TPSA) is 0 Å². The van der Waals surface area contributed by atoms with Crippen LogP contribution in [0.4, 0.5) is 0 Å². The molecule has 0 radical (unpaired) electrons. The van der Waals surface area contributed by atoms with Crippen LogP contribution in [0.2, 0.25) is 0 Å². The Hall–Kier alpha value is 0.360. The number of rotatable bonds is 3. The lowest BCUT2D eigenvalue weighted by Gasteiger charge is -2.33. The summed E-state index contributed by atoms with van der Waals surface area (Å²) < 4.78 is 4.50. The van der Waals surface area contributed by atoms with Crippen molar-refractivity contribution in [1.82, 2.24) is 0 Å². The minimum atomic E-state index is -0.0994. The smallest absolute Gasteiger partial charge is 0.0227 e. The summed E-state index contributed by atoms with van der Waals surface area (Å²) >= 11 is 14.8. The van der Waals surface area contributed by atoms with E-state index >= 15 is 0 Å². The third kappa shape index (κ3) is 2.94. The van der Waals surface area contributed by atoms with Gasteiger partial charge >= 0.3 is 0 Å². The molecule has 0 atom stereocenters. The molecule has 2 rings (SSSR count). The zero-order valence-corrected chi connectivity index (χ0v) is 17.5. The second-order valence-corrected chi connectivity index (χ2v) is 8.30. The molecular formula is C16H14Br4. The summed E-state index contributed by atoms with van der Waals surface area (Å²) in [6.07, 6.45) is 0.995. The van der Waals surface area contributed by atoms with Crippen LogP contribution in [0.5, 0.6) is 0 Å². The van der Waals surface area contributed by atoms with Crippen LogP contribution in [0.1, 0.15) is 31.4 Å². The molecule has 0 amide bonds. The van der Waals surface area contributed by atoms with Gasteiger partial charge in [0.15, 0.2) is 0 Å². The van der Waals surface area contributed by atoms with E-state index in [1.54, 1.807) is 0 Å². The zero-order chi connectivity index (χ0) is 14.9. The van der Waals surface area contributed by atoms with Gasteiger partial charge in [-0.2, -0.15) is 0 Å². The molecule has 0 N–H and O–H groups in total. The van der Waals surface area contributed by atoms with Crippen molar-refractivity contribution in [2.75, 3.05) is 0 Å². The summed E-state index contributed by atoms with van der Waals surface area (Å²) in [7, 11) is 0. The van der Waals surface area contributed by atoms with E-state index in [4.69, 9.17) is 0 Å². The Balaban J connectivity index is 2.78. The zero-order valence-electron chi connectivity index (χ0n) is 11.2. The summed E-state index contributed by atoms with van der Waals surface area (Å²) in [5, 5.41) is 0. The molecular weight excluding hydrogens is 512 g/mol. The molecule has 2 aromatic carbocycles. The molecule has 0 fully saturated rings. The normalized spacial score (nSPS) is 11.7. The molecule has 0 heterocycles. The van der Waals surface area contributed by atoms with E-state index in [0.29, 0.717) is 0 Å². The van der Waals surface area contributed by atoms with E-state index in [-0.39, 0.29) is 5.41 Å². The van der Waals surface area contributed by atoms with Gasteiger partial charge < -0.3 is 0 Å². The van der Waals surface area contributed by atoms with Crippen LogP contribution in [0.25, 0.3) is 0 Å². The highest BCUT2D eigenvalue weighted by molar-refractivity contribution is 9.11. The lowest BCUT2D eigenvalue weighted by atomic mass is 9.74. The van der Waals surface area contributed by atoms with Gasteiger partial charge in [-0.05, 0) is 41.8 Å². The van der Waals surface area contributed by atoms with Gasteiger partial charge in [0.05, 0.1) is 0 Å². The van der Waals surface area contributed by atoms with Crippen molar-refractivity contribution >= 4 is 63.7 Å². The van der Waals surface area contributed by atoms with Gasteiger partial charge in [-0.25, -0.2) is 0 Å². The number of hydrogen-bond donors (Lipinski definition) is 0. The van der Waals surface area contributed by atoms with E-state index in [1.165, 1.54) is 11.1 Å². The van der Waals surface area contributed by atoms with Crippen LogP contribution in [0.3, 0.4) is 0 Å². The van der Waals surface area contributed by atoms with Crippen LogP contribution >= 0.6 is 63.7 Å². The van der Waals surface area contributed by atoms with Crippen LogP contribution in [0.15, 0.2) is 54.3 Å². The Morgan fingerprint density at radius 3 is 1.30 bits per heavy atom. The SMILES string of the molecule is CCC(C)(c1c(Br)cccc1Br)c1c(Br)cccc1Br. The first-order valence-electron chi connectivity index (χ1n) is 6.30. The minimum absolute atomic E-state index is 0.0994. The highest BCUT2D eigenvalue weighted by Crippen LogP contribution is 2.47. The lowest BCUT2D eigenvalue weighted by Crippen LogP contribution is -2.25. The van der Waals surface area contributed by atoms with E-state index in [0.717, 1.165) is 24.3 Å². The van der Waals surface area contributed by atoms with Gasteiger partial charge in [0.1, 0.15) is 0 Å². The quantitative estimate of drug-likeness (QED) is 0.390. The Morgan fingerprint density at radius 1 is 0.750 bits per heavy atom. The molecule has 106 valence electrons. The van der Waals surface area contributed by atoms with Crippen LogP contribution in [0, 0.1) is 0 Å². The van der Waals surface area contributed by atoms with Gasteiger partial charge in [-0.3, -0.25) is 0 Å². The Bertz CT molecular complexity index is 542. The predicted molar refractivity (Wildman–Crippen MR) is 100 cm³/mol. The number of halogens is 4. The van der Waals surface area contributed by atoms with E-state index in [9.17, 15) is 0 Å². The minimum Gasteiger partial charge on any atom is -0.0642 e. The average molecular weight is 526 g/mol. The molecule has 20 heavy (non-hydrogen) atoms.